The van der Waals surface area contributed by atoms with Crippen LogP contribution in [0.15, 0.2) is 48.5 Å². The molecule has 124 valence electrons. The standard InChI is InChI=1S/C18H15ClFNO3/c19-14-7-6-13(16(20)10-14)9-17(22)21-15(11-24-18(21)23)8-12-4-2-1-3-5-12/h1-7,10,15H,8-9,11H2. The highest BCUT2D eigenvalue weighted by Crippen LogP contribution is 2.21. The van der Waals surface area contributed by atoms with E-state index < -0.39 is 17.8 Å². The molecule has 2 aromatic rings. The van der Waals surface area contributed by atoms with Gasteiger partial charge < -0.3 is 4.74 Å². The molecule has 0 saturated carbocycles. The minimum Gasteiger partial charge on any atom is -0.447 e. The van der Waals surface area contributed by atoms with Crippen molar-refractivity contribution in [2.75, 3.05) is 6.61 Å². The second kappa shape index (κ2) is 7.01. The van der Waals surface area contributed by atoms with E-state index in [1.165, 1.54) is 12.1 Å². The van der Waals surface area contributed by atoms with Gasteiger partial charge in [0.1, 0.15) is 12.4 Å². The molecule has 1 aliphatic rings. The molecule has 1 atom stereocenters. The fourth-order valence-corrected chi connectivity index (χ4v) is 2.87. The van der Waals surface area contributed by atoms with Crippen molar-refractivity contribution in [1.29, 1.82) is 0 Å². The van der Waals surface area contributed by atoms with Gasteiger partial charge in [0.15, 0.2) is 0 Å². The third-order valence-electron chi connectivity index (χ3n) is 3.90. The number of benzene rings is 2. The maximum Gasteiger partial charge on any atom is 0.416 e. The summed E-state index contributed by atoms with van der Waals surface area (Å²) in [6.07, 6.45) is -0.402. The second-order valence-electron chi connectivity index (χ2n) is 5.60. The first-order valence-corrected chi connectivity index (χ1v) is 7.89. The second-order valence-corrected chi connectivity index (χ2v) is 6.03. The van der Waals surface area contributed by atoms with E-state index >= 15 is 0 Å². The summed E-state index contributed by atoms with van der Waals surface area (Å²) in [5, 5.41) is 0.256. The van der Waals surface area contributed by atoms with E-state index in [1.54, 1.807) is 0 Å². The van der Waals surface area contributed by atoms with Crippen LogP contribution in [0.2, 0.25) is 5.02 Å². The minimum atomic E-state index is -0.685. The molecule has 6 heteroatoms. The molecule has 0 aromatic heterocycles. The number of cyclic esters (lactones) is 1. The number of amides is 2. The molecule has 1 fully saturated rings. The number of imide groups is 1. The molecular formula is C18H15ClFNO3. The predicted octanol–water partition coefficient (Wildman–Crippen LogP) is 3.61. The topological polar surface area (TPSA) is 46.6 Å². The SMILES string of the molecule is O=C(Cc1ccc(Cl)cc1F)N1C(=O)OCC1Cc1ccccc1. The predicted molar refractivity (Wildman–Crippen MR) is 87.2 cm³/mol. The van der Waals surface area contributed by atoms with E-state index in [-0.39, 0.29) is 29.7 Å². The third-order valence-corrected chi connectivity index (χ3v) is 4.14. The Morgan fingerprint density at radius 3 is 2.71 bits per heavy atom. The summed E-state index contributed by atoms with van der Waals surface area (Å²) in [6, 6.07) is 13.2. The molecule has 0 bridgehead atoms. The Kier molecular flexibility index (Phi) is 4.81. The van der Waals surface area contributed by atoms with Crippen LogP contribution < -0.4 is 0 Å². The van der Waals surface area contributed by atoms with Crippen molar-refractivity contribution in [1.82, 2.24) is 4.90 Å². The molecule has 4 nitrogen and oxygen atoms in total. The first-order chi connectivity index (χ1) is 11.5. The number of ether oxygens (including phenoxy) is 1. The van der Waals surface area contributed by atoms with Crippen LogP contribution >= 0.6 is 11.6 Å². The molecule has 1 unspecified atom stereocenters. The average molecular weight is 348 g/mol. The van der Waals surface area contributed by atoms with Crippen molar-refractivity contribution in [3.63, 3.8) is 0 Å². The van der Waals surface area contributed by atoms with Gasteiger partial charge in [0, 0.05) is 5.02 Å². The Hall–Kier alpha value is -2.40. The highest BCUT2D eigenvalue weighted by molar-refractivity contribution is 6.30. The summed E-state index contributed by atoms with van der Waals surface area (Å²) in [6.45, 7) is 0.141. The van der Waals surface area contributed by atoms with Gasteiger partial charge in [-0.25, -0.2) is 14.1 Å². The molecule has 1 aliphatic heterocycles. The lowest BCUT2D eigenvalue weighted by Crippen LogP contribution is -2.41. The fraction of sp³-hybridized carbons (Fsp3) is 0.222. The van der Waals surface area contributed by atoms with Crippen LogP contribution in [-0.2, 0) is 22.4 Å². The Morgan fingerprint density at radius 2 is 2.00 bits per heavy atom. The largest absolute Gasteiger partial charge is 0.447 e. The molecule has 0 N–H and O–H groups in total. The first-order valence-electron chi connectivity index (χ1n) is 7.51. The van der Waals surface area contributed by atoms with Gasteiger partial charge in [-0.3, -0.25) is 4.79 Å². The fourth-order valence-electron chi connectivity index (χ4n) is 2.72. The quantitative estimate of drug-likeness (QED) is 0.848. The van der Waals surface area contributed by atoms with E-state index in [0.717, 1.165) is 16.5 Å². The van der Waals surface area contributed by atoms with Crippen LogP contribution in [0.5, 0.6) is 0 Å². The number of carbonyl (C=O) groups is 2. The number of halogens is 2. The number of carbonyl (C=O) groups excluding carboxylic acids is 2. The lowest BCUT2D eigenvalue weighted by molar-refractivity contribution is -0.128. The molecule has 0 radical (unpaired) electrons. The molecule has 2 amide bonds. The monoisotopic (exact) mass is 347 g/mol. The van der Waals surface area contributed by atoms with E-state index in [4.69, 9.17) is 16.3 Å². The van der Waals surface area contributed by atoms with Crippen LogP contribution in [0.25, 0.3) is 0 Å². The lowest BCUT2D eigenvalue weighted by Gasteiger charge is -2.20. The highest BCUT2D eigenvalue weighted by atomic mass is 35.5. The average Bonchev–Trinajstić information content (AvgIpc) is 2.91. The Labute approximate surface area is 143 Å². The molecular weight excluding hydrogens is 333 g/mol. The summed E-state index contributed by atoms with van der Waals surface area (Å²) >= 11 is 5.71. The van der Waals surface area contributed by atoms with Crippen molar-refractivity contribution in [2.45, 2.75) is 18.9 Å². The van der Waals surface area contributed by atoms with Crippen LogP contribution in [-0.4, -0.2) is 29.5 Å². The smallest absolute Gasteiger partial charge is 0.416 e. The number of nitrogens with zero attached hydrogens (tertiary/aromatic N) is 1. The first kappa shape index (κ1) is 16.5. The molecule has 1 saturated heterocycles. The van der Waals surface area contributed by atoms with Crippen LogP contribution in [0, 0.1) is 5.82 Å². The van der Waals surface area contributed by atoms with Gasteiger partial charge in [0.05, 0.1) is 12.5 Å². The summed E-state index contributed by atoms with van der Waals surface area (Å²) in [5.74, 6) is -1.05. The summed E-state index contributed by atoms with van der Waals surface area (Å²) in [5.41, 5.74) is 1.19. The minimum absolute atomic E-state index is 0.141. The molecule has 3 rings (SSSR count). The van der Waals surface area contributed by atoms with E-state index in [9.17, 15) is 14.0 Å². The third kappa shape index (κ3) is 3.57. The zero-order valence-electron chi connectivity index (χ0n) is 12.7. The number of hydrogen-bond acceptors (Lipinski definition) is 3. The zero-order valence-corrected chi connectivity index (χ0v) is 13.5. The van der Waals surface area contributed by atoms with Gasteiger partial charge in [-0.1, -0.05) is 48.0 Å². The van der Waals surface area contributed by atoms with Crippen molar-refractivity contribution < 1.29 is 18.7 Å². The van der Waals surface area contributed by atoms with Crippen LogP contribution in [0.1, 0.15) is 11.1 Å². The molecule has 0 spiro atoms. The molecule has 1 heterocycles. The van der Waals surface area contributed by atoms with Gasteiger partial charge in [-0.15, -0.1) is 0 Å². The zero-order chi connectivity index (χ0) is 17.1. The molecule has 2 aromatic carbocycles. The van der Waals surface area contributed by atoms with Gasteiger partial charge in [-0.05, 0) is 29.7 Å². The highest BCUT2D eigenvalue weighted by Gasteiger charge is 2.37. The number of hydrogen-bond donors (Lipinski definition) is 0. The summed E-state index contributed by atoms with van der Waals surface area (Å²) in [4.78, 5) is 25.5. The summed E-state index contributed by atoms with van der Waals surface area (Å²) < 4.78 is 18.9. The normalized spacial score (nSPS) is 17.0. The molecule has 24 heavy (non-hydrogen) atoms. The van der Waals surface area contributed by atoms with Crippen molar-refractivity contribution in [3.8, 4) is 0 Å². The van der Waals surface area contributed by atoms with Crippen LogP contribution in [0.4, 0.5) is 9.18 Å². The van der Waals surface area contributed by atoms with Gasteiger partial charge in [-0.2, -0.15) is 0 Å². The lowest BCUT2D eigenvalue weighted by atomic mass is 10.0. The van der Waals surface area contributed by atoms with Gasteiger partial charge >= 0.3 is 6.09 Å². The maximum absolute atomic E-state index is 13.9. The Balaban J connectivity index is 1.75. The Morgan fingerprint density at radius 1 is 1.25 bits per heavy atom. The number of rotatable bonds is 4. The van der Waals surface area contributed by atoms with Gasteiger partial charge in [0.25, 0.3) is 0 Å². The van der Waals surface area contributed by atoms with E-state index in [2.05, 4.69) is 0 Å². The van der Waals surface area contributed by atoms with Crippen LogP contribution in [0.3, 0.4) is 0 Å². The molecule has 0 aliphatic carbocycles. The van der Waals surface area contributed by atoms with E-state index in [0.29, 0.717) is 6.42 Å². The van der Waals surface area contributed by atoms with Crippen molar-refractivity contribution in [2.24, 2.45) is 0 Å². The van der Waals surface area contributed by atoms with Gasteiger partial charge in [0.2, 0.25) is 5.91 Å². The summed E-state index contributed by atoms with van der Waals surface area (Å²) in [7, 11) is 0. The maximum atomic E-state index is 13.9. The van der Waals surface area contributed by atoms with Crippen molar-refractivity contribution in [3.05, 3.63) is 70.5 Å². The van der Waals surface area contributed by atoms with Crippen molar-refractivity contribution >= 4 is 23.6 Å². The Bertz CT molecular complexity index is 766. The van der Waals surface area contributed by atoms with E-state index in [1.807, 2.05) is 30.3 Å².